The summed E-state index contributed by atoms with van der Waals surface area (Å²) >= 11 is 1.43. The maximum Gasteiger partial charge on any atom is 0.244 e. The van der Waals surface area contributed by atoms with Crippen molar-refractivity contribution in [1.82, 2.24) is 24.8 Å². The van der Waals surface area contributed by atoms with Gasteiger partial charge in [-0.25, -0.2) is 18.1 Å². The monoisotopic (exact) mass is 301 g/mol. The molecule has 2 rings (SSSR count). The maximum atomic E-state index is 12.0. The van der Waals surface area contributed by atoms with Gasteiger partial charge in [-0.1, -0.05) is 0 Å². The van der Waals surface area contributed by atoms with Crippen molar-refractivity contribution in [2.45, 2.75) is 18.0 Å². The van der Waals surface area contributed by atoms with Crippen molar-refractivity contribution in [1.29, 1.82) is 0 Å². The van der Waals surface area contributed by atoms with Crippen molar-refractivity contribution in [2.75, 3.05) is 13.6 Å². The van der Waals surface area contributed by atoms with Gasteiger partial charge in [0.1, 0.15) is 4.90 Å². The van der Waals surface area contributed by atoms with E-state index in [4.69, 9.17) is 0 Å². The molecule has 0 bridgehead atoms. The zero-order chi connectivity index (χ0) is 13.7. The summed E-state index contributed by atoms with van der Waals surface area (Å²) in [5, 5.41) is 8.79. The molecule has 0 radical (unpaired) electrons. The Morgan fingerprint density at radius 3 is 3.00 bits per heavy atom. The van der Waals surface area contributed by atoms with Crippen LogP contribution in [0.3, 0.4) is 0 Å². The van der Waals surface area contributed by atoms with E-state index in [1.807, 2.05) is 7.05 Å². The summed E-state index contributed by atoms with van der Waals surface area (Å²) in [5.41, 5.74) is 2.37. The lowest BCUT2D eigenvalue weighted by molar-refractivity contribution is 0.575. The highest BCUT2D eigenvalue weighted by molar-refractivity contribution is 7.89. The Morgan fingerprint density at radius 2 is 2.32 bits per heavy atom. The van der Waals surface area contributed by atoms with Crippen molar-refractivity contribution in [3.8, 4) is 0 Å². The first-order chi connectivity index (χ1) is 9.12. The molecular formula is C10H15N5O2S2. The van der Waals surface area contributed by atoms with Gasteiger partial charge >= 0.3 is 0 Å². The summed E-state index contributed by atoms with van der Waals surface area (Å²) in [7, 11) is -1.70. The van der Waals surface area contributed by atoms with Gasteiger partial charge in [-0.05, 0) is 7.05 Å². The first-order valence-electron chi connectivity index (χ1n) is 5.65. The van der Waals surface area contributed by atoms with Crippen LogP contribution in [0.5, 0.6) is 0 Å². The number of nitrogens with one attached hydrogen (secondary N) is 2. The van der Waals surface area contributed by atoms with Crippen LogP contribution in [-0.2, 0) is 23.1 Å². The van der Waals surface area contributed by atoms with Crippen LogP contribution in [0.15, 0.2) is 28.2 Å². The summed E-state index contributed by atoms with van der Waals surface area (Å²) < 4.78 is 28.1. The first-order valence-corrected chi connectivity index (χ1v) is 8.08. The second-order valence-electron chi connectivity index (χ2n) is 3.85. The zero-order valence-electron chi connectivity index (χ0n) is 10.4. The zero-order valence-corrected chi connectivity index (χ0v) is 12.0. The van der Waals surface area contributed by atoms with E-state index in [2.05, 4.69) is 20.1 Å². The summed E-state index contributed by atoms with van der Waals surface area (Å²) in [6.45, 7) is 1.54. The number of likely N-dealkylation sites (N-methyl/N-ethyl adjacent to an activating group) is 1. The molecule has 0 unspecified atom stereocenters. The lowest BCUT2D eigenvalue weighted by Crippen LogP contribution is -2.23. The summed E-state index contributed by atoms with van der Waals surface area (Å²) in [5.74, 6) is 0. The molecule has 2 aromatic rings. The molecule has 7 nitrogen and oxygen atoms in total. The second kappa shape index (κ2) is 6.24. The third-order valence-corrected chi connectivity index (χ3v) is 4.43. The molecule has 0 spiro atoms. The van der Waals surface area contributed by atoms with Crippen molar-refractivity contribution in [3.05, 3.63) is 29.0 Å². The molecule has 2 aromatic heterocycles. The van der Waals surface area contributed by atoms with E-state index < -0.39 is 10.0 Å². The summed E-state index contributed by atoms with van der Waals surface area (Å²) in [6.07, 6.45) is 2.86. The van der Waals surface area contributed by atoms with E-state index in [-0.39, 0.29) is 11.4 Å². The summed E-state index contributed by atoms with van der Waals surface area (Å²) in [4.78, 5) is 4.19. The Bertz CT molecular complexity index is 606. The molecule has 0 saturated carbocycles. The molecule has 0 fully saturated rings. The smallest absolute Gasteiger partial charge is 0.244 e. The molecule has 0 aliphatic heterocycles. The molecule has 9 heteroatoms. The van der Waals surface area contributed by atoms with Gasteiger partial charge in [0.05, 0.1) is 30.5 Å². The largest absolute Gasteiger partial charge is 0.318 e. The Kier molecular flexibility index (Phi) is 4.64. The standard InChI is InChI=1S/C10H15N5O2S2/c1-11-2-3-15-6-10(5-13-15)19(16,17)14-4-9-7-18-8-12-9/h5-8,11,14H,2-4H2,1H3. The van der Waals surface area contributed by atoms with Gasteiger partial charge in [0.15, 0.2) is 0 Å². The van der Waals surface area contributed by atoms with E-state index in [1.165, 1.54) is 23.7 Å². The van der Waals surface area contributed by atoms with Crippen LogP contribution >= 0.6 is 11.3 Å². The fraction of sp³-hybridized carbons (Fsp3) is 0.400. The number of hydrogen-bond acceptors (Lipinski definition) is 6. The van der Waals surface area contributed by atoms with Crippen LogP contribution in [0.25, 0.3) is 0 Å². The Morgan fingerprint density at radius 1 is 1.47 bits per heavy atom. The predicted molar refractivity (Wildman–Crippen MR) is 72.3 cm³/mol. The Balaban J connectivity index is 2.00. The topological polar surface area (TPSA) is 88.9 Å². The molecule has 0 aliphatic rings. The Hall–Kier alpha value is -1.29. The molecule has 0 aliphatic carbocycles. The minimum Gasteiger partial charge on any atom is -0.318 e. The van der Waals surface area contributed by atoms with Gasteiger partial charge in [0.2, 0.25) is 10.0 Å². The van der Waals surface area contributed by atoms with E-state index in [9.17, 15) is 8.42 Å². The second-order valence-corrected chi connectivity index (χ2v) is 6.33. The molecule has 0 amide bonds. The van der Waals surface area contributed by atoms with Crippen LogP contribution in [0.1, 0.15) is 5.69 Å². The number of nitrogens with zero attached hydrogens (tertiary/aromatic N) is 3. The number of sulfonamides is 1. The fourth-order valence-corrected chi connectivity index (χ4v) is 2.92. The minimum absolute atomic E-state index is 0.166. The van der Waals surface area contributed by atoms with Crippen molar-refractivity contribution >= 4 is 21.4 Å². The van der Waals surface area contributed by atoms with Crippen molar-refractivity contribution in [2.24, 2.45) is 0 Å². The average molecular weight is 301 g/mol. The van der Waals surface area contributed by atoms with Crippen molar-refractivity contribution < 1.29 is 8.42 Å². The molecule has 0 saturated heterocycles. The van der Waals surface area contributed by atoms with Crippen LogP contribution in [0, 0.1) is 0 Å². The van der Waals surface area contributed by atoms with Crippen LogP contribution < -0.4 is 10.0 Å². The van der Waals surface area contributed by atoms with Gasteiger partial charge in [-0.15, -0.1) is 11.3 Å². The summed E-state index contributed by atoms with van der Waals surface area (Å²) in [6, 6.07) is 0. The lowest BCUT2D eigenvalue weighted by atomic mass is 10.5. The van der Waals surface area contributed by atoms with Gasteiger partial charge in [-0.3, -0.25) is 4.68 Å². The quantitative estimate of drug-likeness (QED) is 0.753. The number of aromatic nitrogens is 3. The van der Waals surface area contributed by atoms with Gasteiger partial charge in [-0.2, -0.15) is 5.10 Å². The third kappa shape index (κ3) is 3.83. The molecule has 2 heterocycles. The van der Waals surface area contributed by atoms with Gasteiger partial charge in [0.25, 0.3) is 0 Å². The lowest BCUT2D eigenvalue weighted by Gasteiger charge is -2.02. The number of rotatable bonds is 7. The van der Waals surface area contributed by atoms with E-state index >= 15 is 0 Å². The average Bonchev–Trinajstić information content (AvgIpc) is 3.05. The normalized spacial score (nSPS) is 11.8. The highest BCUT2D eigenvalue weighted by Crippen LogP contribution is 2.08. The SMILES string of the molecule is CNCCn1cc(S(=O)(=O)NCc2cscn2)cn1. The molecular weight excluding hydrogens is 286 g/mol. The minimum atomic E-state index is -3.53. The van der Waals surface area contributed by atoms with Gasteiger partial charge < -0.3 is 5.32 Å². The van der Waals surface area contributed by atoms with E-state index in [0.717, 1.165) is 6.54 Å². The Labute approximate surface area is 115 Å². The van der Waals surface area contributed by atoms with E-state index in [1.54, 1.807) is 15.6 Å². The predicted octanol–water partition coefficient (Wildman–Crippen LogP) is 0.0375. The third-order valence-electron chi connectivity index (χ3n) is 2.44. The molecule has 104 valence electrons. The number of thiazole rings is 1. The van der Waals surface area contributed by atoms with Crippen LogP contribution in [0.2, 0.25) is 0 Å². The molecule has 0 aromatic carbocycles. The highest BCUT2D eigenvalue weighted by Gasteiger charge is 2.16. The van der Waals surface area contributed by atoms with E-state index in [0.29, 0.717) is 12.2 Å². The molecule has 2 N–H and O–H groups in total. The fourth-order valence-electron chi connectivity index (χ4n) is 1.41. The molecule has 19 heavy (non-hydrogen) atoms. The number of hydrogen-bond donors (Lipinski definition) is 2. The van der Waals surface area contributed by atoms with Gasteiger partial charge in [0, 0.05) is 18.1 Å². The first kappa shape index (κ1) is 14.1. The molecule has 0 atom stereocenters. The van der Waals surface area contributed by atoms with Crippen LogP contribution in [0.4, 0.5) is 0 Å². The highest BCUT2D eigenvalue weighted by atomic mass is 32.2. The maximum absolute atomic E-state index is 12.0. The van der Waals surface area contributed by atoms with Crippen LogP contribution in [-0.4, -0.2) is 36.8 Å². The van der Waals surface area contributed by atoms with Crippen molar-refractivity contribution in [3.63, 3.8) is 0 Å².